The Morgan fingerprint density at radius 2 is 1.92 bits per heavy atom. The van der Waals surface area contributed by atoms with E-state index in [9.17, 15) is 4.79 Å². The largest absolute Gasteiger partial charge is 0.391 e. The molecule has 0 saturated heterocycles. The molecule has 0 heterocycles. The Kier molecular flexibility index (Phi) is 9.24. The summed E-state index contributed by atoms with van der Waals surface area (Å²) in [6.45, 7) is 1.36. The quantitative estimate of drug-likeness (QED) is 0.237. The molecule has 0 radical (unpaired) electrons. The fourth-order valence-electron chi connectivity index (χ4n) is 0.294. The summed E-state index contributed by atoms with van der Waals surface area (Å²) in [5, 5.41) is 16.6. The van der Waals surface area contributed by atoms with Gasteiger partial charge in [-0.25, -0.2) is 5.48 Å². The van der Waals surface area contributed by atoms with E-state index in [0.29, 0.717) is 0 Å². The zero-order valence-electron chi connectivity index (χ0n) is 7.19. The average molecular weight is 184 g/mol. The van der Waals surface area contributed by atoms with Crippen molar-refractivity contribution in [1.82, 2.24) is 5.48 Å². The molecular formula is C8H12N2O3. The van der Waals surface area contributed by atoms with Crippen molar-refractivity contribution in [1.29, 1.82) is 0 Å². The standard InChI is InChI=1S/C4H10N2O3.C4H2/c1-2(7)3(5)4(8)6-9;1-3-4-2/h2-3,7,9H,5H2,1H3,(H,6,8);1-2H/t2-,3+;/m1./s1. The molecule has 0 aliphatic heterocycles. The SMILES string of the molecule is C#CC#C.C[C@@H](O)[C@H](N)C(=O)NO. The lowest BCUT2D eigenvalue weighted by molar-refractivity contribution is -0.132. The molecule has 0 rings (SSSR count). The molecule has 0 aliphatic carbocycles. The van der Waals surface area contributed by atoms with Gasteiger partial charge in [0.05, 0.1) is 6.10 Å². The van der Waals surface area contributed by atoms with E-state index in [2.05, 4.69) is 12.8 Å². The van der Waals surface area contributed by atoms with Gasteiger partial charge in [-0.2, -0.15) is 0 Å². The third-order valence-corrected chi connectivity index (χ3v) is 1.02. The average Bonchev–Trinajstić information content (AvgIpc) is 2.15. The maximum atomic E-state index is 10.3. The van der Waals surface area contributed by atoms with Crippen LogP contribution in [0.5, 0.6) is 0 Å². The molecule has 0 unspecified atom stereocenters. The van der Waals surface area contributed by atoms with Crippen molar-refractivity contribution in [3.63, 3.8) is 0 Å². The Morgan fingerprint density at radius 3 is 2.00 bits per heavy atom. The van der Waals surface area contributed by atoms with E-state index < -0.39 is 18.1 Å². The summed E-state index contributed by atoms with van der Waals surface area (Å²) in [5.41, 5.74) is 6.37. The number of amides is 1. The van der Waals surface area contributed by atoms with Crippen LogP contribution < -0.4 is 11.2 Å². The van der Waals surface area contributed by atoms with Gasteiger partial charge in [-0.3, -0.25) is 10.0 Å². The van der Waals surface area contributed by atoms with E-state index in [1.807, 2.05) is 11.8 Å². The Hall–Kier alpha value is -1.53. The minimum absolute atomic E-state index is 0.787. The van der Waals surface area contributed by atoms with Crippen LogP contribution >= 0.6 is 0 Å². The number of carbonyl (C=O) groups is 1. The molecule has 5 nitrogen and oxygen atoms in total. The Bertz CT molecular complexity index is 213. The minimum Gasteiger partial charge on any atom is -0.391 e. The first kappa shape index (κ1) is 14.0. The summed E-state index contributed by atoms with van der Waals surface area (Å²) in [7, 11) is 0. The lowest BCUT2D eigenvalue weighted by Gasteiger charge is -2.10. The highest BCUT2D eigenvalue weighted by Crippen LogP contribution is 1.86. The monoisotopic (exact) mass is 184 g/mol. The number of hydrogen-bond acceptors (Lipinski definition) is 4. The van der Waals surface area contributed by atoms with Crippen LogP contribution in [0, 0.1) is 24.7 Å². The molecule has 0 spiro atoms. The van der Waals surface area contributed by atoms with Crippen LogP contribution in [0.2, 0.25) is 0 Å². The van der Waals surface area contributed by atoms with E-state index in [4.69, 9.17) is 16.0 Å². The van der Waals surface area contributed by atoms with E-state index in [1.165, 1.54) is 12.4 Å². The predicted molar refractivity (Wildman–Crippen MR) is 47.3 cm³/mol. The van der Waals surface area contributed by atoms with Crippen LogP contribution in [0.1, 0.15) is 6.92 Å². The lowest BCUT2D eigenvalue weighted by Crippen LogP contribution is -2.46. The summed E-state index contributed by atoms with van der Waals surface area (Å²) >= 11 is 0. The van der Waals surface area contributed by atoms with Crippen molar-refractivity contribution in [3.05, 3.63) is 0 Å². The molecule has 72 valence electrons. The maximum Gasteiger partial charge on any atom is 0.262 e. The highest BCUT2D eigenvalue weighted by atomic mass is 16.5. The van der Waals surface area contributed by atoms with Crippen LogP contribution in [0.25, 0.3) is 0 Å². The second-order valence-electron chi connectivity index (χ2n) is 2.03. The van der Waals surface area contributed by atoms with Crippen LogP contribution in [0.15, 0.2) is 0 Å². The van der Waals surface area contributed by atoms with Crippen molar-refractivity contribution in [3.8, 4) is 24.7 Å². The first-order valence-electron chi connectivity index (χ1n) is 3.30. The Balaban J connectivity index is 0. The number of carbonyl (C=O) groups excluding carboxylic acids is 1. The number of hydrogen-bond donors (Lipinski definition) is 4. The summed E-state index contributed by atoms with van der Waals surface area (Å²) in [6.07, 6.45) is 8.14. The van der Waals surface area contributed by atoms with Gasteiger partial charge in [-0.1, -0.05) is 0 Å². The van der Waals surface area contributed by atoms with Gasteiger partial charge in [0.1, 0.15) is 6.04 Å². The molecule has 0 saturated carbocycles. The molecule has 1 amide bonds. The summed E-state index contributed by atoms with van der Waals surface area (Å²) in [4.78, 5) is 10.3. The summed E-state index contributed by atoms with van der Waals surface area (Å²) in [6, 6.07) is -1.06. The van der Waals surface area contributed by atoms with Crippen molar-refractivity contribution in [2.45, 2.75) is 19.1 Å². The third-order valence-electron chi connectivity index (χ3n) is 1.02. The maximum absolute atomic E-state index is 10.3. The number of terminal acetylenes is 2. The topological polar surface area (TPSA) is 95.6 Å². The number of rotatable bonds is 2. The zero-order chi connectivity index (χ0) is 10.9. The molecule has 0 aliphatic rings. The molecule has 0 fully saturated rings. The predicted octanol–water partition coefficient (Wildman–Crippen LogP) is -1.55. The highest BCUT2D eigenvalue weighted by molar-refractivity contribution is 5.80. The second kappa shape index (κ2) is 8.57. The lowest BCUT2D eigenvalue weighted by atomic mass is 10.2. The van der Waals surface area contributed by atoms with Crippen LogP contribution in [0.4, 0.5) is 0 Å². The third kappa shape index (κ3) is 8.38. The zero-order valence-corrected chi connectivity index (χ0v) is 7.19. The first-order chi connectivity index (χ1) is 6.01. The molecule has 0 bridgehead atoms. The normalized spacial score (nSPS) is 12.2. The van der Waals surface area contributed by atoms with Crippen LogP contribution in [0.3, 0.4) is 0 Å². The van der Waals surface area contributed by atoms with Gasteiger partial charge in [0.15, 0.2) is 0 Å². The van der Waals surface area contributed by atoms with E-state index in [-0.39, 0.29) is 0 Å². The molecule has 5 N–H and O–H groups in total. The molecule has 0 aromatic heterocycles. The van der Waals surface area contributed by atoms with E-state index in [0.717, 1.165) is 0 Å². The van der Waals surface area contributed by atoms with Gasteiger partial charge < -0.3 is 10.8 Å². The summed E-state index contributed by atoms with van der Waals surface area (Å²) < 4.78 is 0. The number of aliphatic hydroxyl groups excluding tert-OH is 1. The van der Waals surface area contributed by atoms with Crippen molar-refractivity contribution < 1.29 is 15.1 Å². The van der Waals surface area contributed by atoms with Gasteiger partial charge in [-0.05, 0) is 18.8 Å². The number of nitrogens with one attached hydrogen (secondary N) is 1. The second-order valence-corrected chi connectivity index (χ2v) is 2.03. The summed E-state index contributed by atoms with van der Waals surface area (Å²) in [5.74, 6) is 3.13. The smallest absolute Gasteiger partial charge is 0.262 e. The Morgan fingerprint density at radius 1 is 1.54 bits per heavy atom. The van der Waals surface area contributed by atoms with E-state index >= 15 is 0 Å². The van der Waals surface area contributed by atoms with Gasteiger partial charge in [0, 0.05) is 0 Å². The molecule has 0 aromatic rings. The van der Waals surface area contributed by atoms with Crippen molar-refractivity contribution >= 4 is 5.91 Å². The fourth-order valence-corrected chi connectivity index (χ4v) is 0.294. The van der Waals surface area contributed by atoms with Gasteiger partial charge in [0.25, 0.3) is 5.91 Å². The molecule has 0 aromatic carbocycles. The minimum atomic E-state index is -1.06. The van der Waals surface area contributed by atoms with Gasteiger partial charge >= 0.3 is 0 Å². The number of nitrogens with two attached hydrogens (primary N) is 1. The van der Waals surface area contributed by atoms with Crippen molar-refractivity contribution in [2.24, 2.45) is 5.73 Å². The first-order valence-corrected chi connectivity index (χ1v) is 3.30. The van der Waals surface area contributed by atoms with Crippen LogP contribution in [-0.4, -0.2) is 28.4 Å². The fraction of sp³-hybridized carbons (Fsp3) is 0.375. The molecule has 13 heavy (non-hydrogen) atoms. The van der Waals surface area contributed by atoms with Crippen molar-refractivity contribution in [2.75, 3.05) is 0 Å². The van der Waals surface area contributed by atoms with Gasteiger partial charge in [-0.15, -0.1) is 12.8 Å². The van der Waals surface area contributed by atoms with Gasteiger partial charge in [0.2, 0.25) is 0 Å². The number of aliphatic hydroxyl groups is 1. The molecule has 2 atom stereocenters. The van der Waals surface area contributed by atoms with Crippen LogP contribution in [-0.2, 0) is 4.79 Å². The van der Waals surface area contributed by atoms with E-state index in [1.54, 1.807) is 0 Å². The highest BCUT2D eigenvalue weighted by Gasteiger charge is 2.17. The number of hydroxylamine groups is 1. The Labute approximate surface area is 76.9 Å². The molecule has 5 heteroatoms. The molecular weight excluding hydrogens is 172 g/mol.